The average molecular weight is 307 g/mol. The van der Waals surface area contributed by atoms with Gasteiger partial charge in [-0.05, 0) is 45.0 Å². The minimum atomic E-state index is -0.557. The zero-order chi connectivity index (χ0) is 15.4. The SMILES string of the molecule is CCOC(=O)c1sc(-c2ccc(OC(C)C)cc2)nc1O. The topological polar surface area (TPSA) is 68.7 Å². The van der Waals surface area contributed by atoms with Crippen molar-refractivity contribution in [2.24, 2.45) is 0 Å². The van der Waals surface area contributed by atoms with Crippen molar-refractivity contribution in [3.8, 4) is 22.2 Å². The number of nitrogens with zero attached hydrogens (tertiary/aromatic N) is 1. The molecule has 0 atom stereocenters. The van der Waals surface area contributed by atoms with Crippen LogP contribution in [-0.2, 0) is 4.74 Å². The highest BCUT2D eigenvalue weighted by Gasteiger charge is 2.19. The zero-order valence-electron chi connectivity index (χ0n) is 12.1. The van der Waals surface area contributed by atoms with E-state index in [1.807, 2.05) is 38.1 Å². The molecule has 0 aliphatic heterocycles. The van der Waals surface area contributed by atoms with E-state index in [0.29, 0.717) is 5.01 Å². The monoisotopic (exact) mass is 307 g/mol. The lowest BCUT2D eigenvalue weighted by molar-refractivity contribution is 0.0528. The number of hydrogen-bond acceptors (Lipinski definition) is 6. The van der Waals surface area contributed by atoms with Gasteiger partial charge in [0.05, 0.1) is 12.7 Å². The van der Waals surface area contributed by atoms with Gasteiger partial charge in [0.25, 0.3) is 0 Å². The number of carbonyl (C=O) groups excluding carboxylic acids is 1. The first-order chi connectivity index (χ1) is 10.0. The summed E-state index contributed by atoms with van der Waals surface area (Å²) < 4.78 is 10.4. The number of aromatic nitrogens is 1. The van der Waals surface area contributed by atoms with E-state index in [2.05, 4.69) is 4.98 Å². The maximum atomic E-state index is 11.7. The van der Waals surface area contributed by atoms with Crippen LogP contribution in [0.1, 0.15) is 30.4 Å². The Kier molecular flexibility index (Phi) is 4.80. The van der Waals surface area contributed by atoms with Gasteiger partial charge in [-0.2, -0.15) is 0 Å². The van der Waals surface area contributed by atoms with Crippen LogP contribution in [0.4, 0.5) is 0 Å². The fraction of sp³-hybridized carbons (Fsp3) is 0.333. The first-order valence-electron chi connectivity index (χ1n) is 6.65. The smallest absolute Gasteiger partial charge is 0.353 e. The molecule has 0 amide bonds. The molecule has 6 heteroatoms. The fourth-order valence-corrected chi connectivity index (χ4v) is 2.57. The summed E-state index contributed by atoms with van der Waals surface area (Å²) in [6.07, 6.45) is 0.107. The summed E-state index contributed by atoms with van der Waals surface area (Å²) in [6.45, 7) is 5.88. The van der Waals surface area contributed by atoms with Crippen LogP contribution in [0.2, 0.25) is 0 Å². The highest BCUT2D eigenvalue weighted by Crippen LogP contribution is 2.33. The Morgan fingerprint density at radius 3 is 2.57 bits per heavy atom. The Balaban J connectivity index is 2.22. The third kappa shape index (κ3) is 3.72. The molecule has 1 aromatic heterocycles. The van der Waals surface area contributed by atoms with Gasteiger partial charge >= 0.3 is 5.97 Å². The van der Waals surface area contributed by atoms with Crippen molar-refractivity contribution in [1.29, 1.82) is 0 Å². The van der Waals surface area contributed by atoms with E-state index in [9.17, 15) is 9.90 Å². The minimum absolute atomic E-state index is 0.107. The predicted octanol–water partition coefficient (Wildman–Crippen LogP) is 3.48. The Bertz CT molecular complexity index is 619. The molecular weight excluding hydrogens is 290 g/mol. The molecule has 0 radical (unpaired) electrons. The summed E-state index contributed by atoms with van der Waals surface area (Å²) in [4.78, 5) is 15.8. The minimum Gasteiger partial charge on any atom is -0.492 e. The Morgan fingerprint density at radius 1 is 1.33 bits per heavy atom. The summed E-state index contributed by atoms with van der Waals surface area (Å²) in [6, 6.07) is 7.34. The summed E-state index contributed by atoms with van der Waals surface area (Å²) in [5.74, 6) is -0.0883. The van der Waals surface area contributed by atoms with Crippen molar-refractivity contribution < 1.29 is 19.4 Å². The third-order valence-corrected chi connectivity index (χ3v) is 3.62. The van der Waals surface area contributed by atoms with Gasteiger partial charge in [0, 0.05) is 5.56 Å². The second-order valence-electron chi connectivity index (χ2n) is 4.58. The van der Waals surface area contributed by atoms with Crippen LogP contribution in [0.5, 0.6) is 11.6 Å². The molecule has 112 valence electrons. The number of rotatable bonds is 5. The van der Waals surface area contributed by atoms with Crippen LogP contribution in [0, 0.1) is 0 Å². The lowest BCUT2D eigenvalue weighted by Crippen LogP contribution is -2.05. The summed E-state index contributed by atoms with van der Waals surface area (Å²) >= 11 is 1.10. The van der Waals surface area contributed by atoms with Crippen LogP contribution >= 0.6 is 11.3 Å². The normalized spacial score (nSPS) is 10.7. The van der Waals surface area contributed by atoms with Crippen molar-refractivity contribution in [1.82, 2.24) is 4.98 Å². The molecule has 2 aromatic rings. The van der Waals surface area contributed by atoms with E-state index in [1.54, 1.807) is 6.92 Å². The van der Waals surface area contributed by atoms with Crippen LogP contribution in [0.25, 0.3) is 10.6 Å². The standard InChI is InChI=1S/C15H17NO4S/c1-4-19-15(18)12-13(17)16-14(21-12)10-5-7-11(8-6-10)20-9(2)3/h5-9,17H,4H2,1-3H3. The van der Waals surface area contributed by atoms with Crippen molar-refractivity contribution in [3.05, 3.63) is 29.1 Å². The lowest BCUT2D eigenvalue weighted by atomic mass is 10.2. The summed E-state index contributed by atoms with van der Waals surface area (Å²) in [5.41, 5.74) is 0.807. The van der Waals surface area contributed by atoms with Crippen LogP contribution < -0.4 is 4.74 Å². The average Bonchev–Trinajstić information content (AvgIpc) is 2.81. The van der Waals surface area contributed by atoms with E-state index in [0.717, 1.165) is 22.6 Å². The van der Waals surface area contributed by atoms with Crippen molar-refractivity contribution in [3.63, 3.8) is 0 Å². The Labute approximate surface area is 127 Å². The van der Waals surface area contributed by atoms with E-state index in [1.165, 1.54) is 0 Å². The maximum Gasteiger partial charge on any atom is 0.353 e. The Morgan fingerprint density at radius 2 is 2.00 bits per heavy atom. The number of esters is 1. The molecular formula is C15H17NO4S. The van der Waals surface area contributed by atoms with Crippen LogP contribution in [-0.4, -0.2) is 28.8 Å². The number of benzene rings is 1. The molecule has 1 heterocycles. The molecule has 5 nitrogen and oxygen atoms in total. The van der Waals surface area contributed by atoms with Gasteiger partial charge in [-0.3, -0.25) is 0 Å². The van der Waals surface area contributed by atoms with Gasteiger partial charge in [0.1, 0.15) is 10.8 Å². The zero-order valence-corrected chi connectivity index (χ0v) is 12.9. The molecule has 1 aromatic carbocycles. The van der Waals surface area contributed by atoms with E-state index >= 15 is 0 Å². The molecule has 0 spiro atoms. The van der Waals surface area contributed by atoms with Crippen molar-refractivity contribution in [2.45, 2.75) is 26.9 Å². The van der Waals surface area contributed by atoms with Gasteiger partial charge in [-0.15, -0.1) is 11.3 Å². The van der Waals surface area contributed by atoms with E-state index in [4.69, 9.17) is 9.47 Å². The first kappa shape index (κ1) is 15.3. The van der Waals surface area contributed by atoms with Gasteiger partial charge in [-0.25, -0.2) is 9.78 Å². The molecule has 21 heavy (non-hydrogen) atoms. The van der Waals surface area contributed by atoms with Gasteiger partial charge < -0.3 is 14.6 Å². The van der Waals surface area contributed by atoms with Crippen LogP contribution in [0.3, 0.4) is 0 Å². The van der Waals surface area contributed by atoms with Gasteiger partial charge in [0.15, 0.2) is 4.88 Å². The fourth-order valence-electron chi connectivity index (χ4n) is 1.71. The molecule has 0 aliphatic rings. The number of aromatic hydroxyl groups is 1. The number of carbonyl (C=O) groups is 1. The highest BCUT2D eigenvalue weighted by atomic mass is 32.1. The molecule has 2 rings (SSSR count). The van der Waals surface area contributed by atoms with Crippen LogP contribution in [0.15, 0.2) is 24.3 Å². The number of ether oxygens (including phenoxy) is 2. The second kappa shape index (κ2) is 6.58. The maximum absolute atomic E-state index is 11.7. The van der Waals surface area contributed by atoms with E-state index < -0.39 is 5.97 Å². The molecule has 0 aliphatic carbocycles. The summed E-state index contributed by atoms with van der Waals surface area (Å²) in [5, 5.41) is 10.3. The Hall–Kier alpha value is -2.08. The molecule has 0 fully saturated rings. The van der Waals surface area contributed by atoms with E-state index in [-0.39, 0.29) is 23.5 Å². The van der Waals surface area contributed by atoms with Gasteiger partial charge in [0.2, 0.25) is 5.88 Å². The van der Waals surface area contributed by atoms with Crippen molar-refractivity contribution in [2.75, 3.05) is 6.61 Å². The quantitative estimate of drug-likeness (QED) is 0.856. The largest absolute Gasteiger partial charge is 0.492 e. The summed E-state index contributed by atoms with van der Waals surface area (Å²) in [7, 11) is 0. The van der Waals surface area contributed by atoms with Crippen molar-refractivity contribution >= 4 is 17.3 Å². The molecule has 0 unspecified atom stereocenters. The molecule has 1 N–H and O–H groups in total. The number of hydrogen-bond donors (Lipinski definition) is 1. The molecule has 0 saturated heterocycles. The van der Waals surface area contributed by atoms with Gasteiger partial charge in [-0.1, -0.05) is 0 Å². The lowest BCUT2D eigenvalue weighted by Gasteiger charge is -2.09. The first-order valence-corrected chi connectivity index (χ1v) is 7.47. The highest BCUT2D eigenvalue weighted by molar-refractivity contribution is 7.17. The number of thiazole rings is 1. The second-order valence-corrected chi connectivity index (χ2v) is 5.58. The molecule has 0 bridgehead atoms. The third-order valence-electron chi connectivity index (χ3n) is 2.54. The predicted molar refractivity (Wildman–Crippen MR) is 80.9 cm³/mol. The molecule has 0 saturated carbocycles.